The Morgan fingerprint density at radius 1 is 1.50 bits per heavy atom. The molecule has 0 saturated carbocycles. The first-order valence-electron chi connectivity index (χ1n) is 3.42. The van der Waals surface area contributed by atoms with Gasteiger partial charge in [-0.05, 0) is 0 Å². The highest BCUT2D eigenvalue weighted by molar-refractivity contribution is 5.71. The first kappa shape index (κ1) is 13.3. The second-order valence-corrected chi connectivity index (χ2v) is 2.28. The molecule has 0 rings (SSSR count). The monoisotopic (exact) mass is 174 g/mol. The molecule has 0 aromatic heterocycles. The maximum absolute atomic E-state index is 10.4. The van der Waals surface area contributed by atoms with Crippen molar-refractivity contribution in [2.45, 2.75) is 20.8 Å². The highest BCUT2D eigenvalue weighted by atomic mass is 16.5. The number of ether oxygens (including phenoxy) is 1. The molecule has 0 aromatic carbocycles. The summed E-state index contributed by atoms with van der Waals surface area (Å²) in [5, 5.41) is 7.42. The maximum Gasteiger partial charge on any atom is 0.313 e. The van der Waals surface area contributed by atoms with Crippen molar-refractivity contribution in [3.63, 3.8) is 0 Å². The van der Waals surface area contributed by atoms with Gasteiger partial charge in [-0.3, -0.25) is 9.59 Å². The second kappa shape index (κ2) is 7.78. The molecular weight excluding hydrogens is 160 g/mol. The number of hydrogen-bond donors (Lipinski definition) is 1. The summed E-state index contributed by atoms with van der Waals surface area (Å²) in [6, 6.07) is 0. The van der Waals surface area contributed by atoms with Crippen molar-refractivity contribution in [1.29, 1.82) is 0 Å². The molecule has 0 aliphatic rings. The molecule has 0 saturated heterocycles. The quantitative estimate of drug-likeness (QED) is 0.508. The van der Waals surface area contributed by atoms with Crippen molar-refractivity contribution in [2.24, 2.45) is 5.92 Å². The minimum atomic E-state index is -0.833. The summed E-state index contributed by atoms with van der Waals surface area (Å²) in [4.78, 5) is 19.4. The standard InChI is InChI=1S/C6H10O2.C2H4O2/c1-4-8-6(7)5(2)3;1-2(3)4/h4-5H,1H2,2-3H3;1H3,(H,3,4). The number of aliphatic carboxylic acids is 1. The molecule has 0 atom stereocenters. The number of carbonyl (C=O) groups is 2. The molecule has 0 aliphatic heterocycles. The molecule has 0 aromatic rings. The molecule has 0 fully saturated rings. The predicted molar refractivity (Wildman–Crippen MR) is 44.4 cm³/mol. The molecule has 12 heavy (non-hydrogen) atoms. The molecule has 4 heteroatoms. The summed E-state index contributed by atoms with van der Waals surface area (Å²) in [6.45, 7) is 7.86. The van der Waals surface area contributed by atoms with E-state index in [2.05, 4.69) is 11.3 Å². The Balaban J connectivity index is 0. The normalized spacial score (nSPS) is 8.00. The van der Waals surface area contributed by atoms with Gasteiger partial charge in [-0.15, -0.1) is 0 Å². The summed E-state index contributed by atoms with van der Waals surface area (Å²) in [6.07, 6.45) is 1.14. The number of carbonyl (C=O) groups excluding carboxylic acids is 1. The third-order valence-corrected chi connectivity index (χ3v) is 0.671. The lowest BCUT2D eigenvalue weighted by Gasteiger charge is -1.98. The minimum Gasteiger partial charge on any atom is -0.481 e. The fraction of sp³-hybridized carbons (Fsp3) is 0.500. The van der Waals surface area contributed by atoms with Crippen LogP contribution in [0.25, 0.3) is 0 Å². The predicted octanol–water partition coefficient (Wildman–Crippen LogP) is 1.42. The van der Waals surface area contributed by atoms with Crippen LogP contribution in [0, 0.1) is 5.92 Å². The van der Waals surface area contributed by atoms with E-state index in [1.165, 1.54) is 0 Å². The first-order chi connectivity index (χ1) is 5.41. The smallest absolute Gasteiger partial charge is 0.313 e. The lowest BCUT2D eigenvalue weighted by Crippen LogP contribution is -2.07. The molecule has 0 unspecified atom stereocenters. The van der Waals surface area contributed by atoms with Gasteiger partial charge in [0.15, 0.2) is 0 Å². The van der Waals surface area contributed by atoms with Crippen LogP contribution in [0.1, 0.15) is 20.8 Å². The Labute approximate surface area is 71.8 Å². The van der Waals surface area contributed by atoms with Crippen molar-refractivity contribution < 1.29 is 19.4 Å². The highest BCUT2D eigenvalue weighted by Crippen LogP contribution is 1.94. The molecule has 70 valence electrons. The maximum atomic E-state index is 10.4. The van der Waals surface area contributed by atoms with Gasteiger partial charge in [0, 0.05) is 6.92 Å². The van der Waals surface area contributed by atoms with E-state index in [1.807, 2.05) is 0 Å². The molecule has 0 bridgehead atoms. The highest BCUT2D eigenvalue weighted by Gasteiger charge is 2.04. The Kier molecular flexibility index (Phi) is 8.62. The number of rotatable bonds is 2. The Morgan fingerprint density at radius 3 is 1.92 bits per heavy atom. The molecular formula is C8H14O4. The Bertz CT molecular complexity index is 156. The second-order valence-electron chi connectivity index (χ2n) is 2.28. The summed E-state index contributed by atoms with van der Waals surface area (Å²) in [5.41, 5.74) is 0. The molecule has 0 radical (unpaired) electrons. The van der Waals surface area contributed by atoms with Crippen LogP contribution in [0.2, 0.25) is 0 Å². The van der Waals surface area contributed by atoms with Crippen LogP contribution < -0.4 is 0 Å². The van der Waals surface area contributed by atoms with Gasteiger partial charge in [0.25, 0.3) is 5.97 Å². The number of hydrogen-bond acceptors (Lipinski definition) is 3. The minimum absolute atomic E-state index is 0.0620. The zero-order valence-corrected chi connectivity index (χ0v) is 7.53. The van der Waals surface area contributed by atoms with E-state index in [-0.39, 0.29) is 11.9 Å². The van der Waals surface area contributed by atoms with Gasteiger partial charge in [0.2, 0.25) is 0 Å². The van der Waals surface area contributed by atoms with Crippen molar-refractivity contribution in [2.75, 3.05) is 0 Å². The van der Waals surface area contributed by atoms with Crippen LogP contribution in [0.15, 0.2) is 12.8 Å². The van der Waals surface area contributed by atoms with E-state index >= 15 is 0 Å². The van der Waals surface area contributed by atoms with Crippen LogP contribution in [-0.2, 0) is 14.3 Å². The van der Waals surface area contributed by atoms with Gasteiger partial charge in [-0.1, -0.05) is 20.4 Å². The van der Waals surface area contributed by atoms with Crippen molar-refractivity contribution in [3.05, 3.63) is 12.8 Å². The number of esters is 1. The average Bonchev–Trinajstić information content (AvgIpc) is 1.86. The van der Waals surface area contributed by atoms with E-state index in [0.717, 1.165) is 13.2 Å². The topological polar surface area (TPSA) is 63.6 Å². The fourth-order valence-electron chi connectivity index (χ4n) is 0.218. The first-order valence-corrected chi connectivity index (χ1v) is 3.42. The average molecular weight is 174 g/mol. The summed E-state index contributed by atoms with van der Waals surface area (Å²) in [5.74, 6) is -1.13. The molecule has 0 heterocycles. The van der Waals surface area contributed by atoms with Crippen LogP contribution in [0.4, 0.5) is 0 Å². The van der Waals surface area contributed by atoms with E-state index in [0.29, 0.717) is 0 Å². The van der Waals surface area contributed by atoms with Gasteiger partial charge in [0.05, 0.1) is 12.2 Å². The Hall–Kier alpha value is -1.32. The van der Waals surface area contributed by atoms with E-state index in [4.69, 9.17) is 9.90 Å². The molecule has 0 spiro atoms. The summed E-state index contributed by atoms with van der Waals surface area (Å²) in [7, 11) is 0. The lowest BCUT2D eigenvalue weighted by atomic mass is 10.2. The zero-order chi connectivity index (χ0) is 10.1. The van der Waals surface area contributed by atoms with Crippen LogP contribution in [-0.4, -0.2) is 17.0 Å². The van der Waals surface area contributed by atoms with Gasteiger partial charge < -0.3 is 9.84 Å². The SMILES string of the molecule is C=COC(=O)C(C)C.CC(=O)O. The molecule has 0 amide bonds. The van der Waals surface area contributed by atoms with Gasteiger partial charge in [0.1, 0.15) is 0 Å². The lowest BCUT2D eigenvalue weighted by molar-refractivity contribution is -0.141. The molecule has 4 nitrogen and oxygen atoms in total. The summed E-state index contributed by atoms with van der Waals surface area (Å²) < 4.78 is 4.43. The zero-order valence-electron chi connectivity index (χ0n) is 7.53. The van der Waals surface area contributed by atoms with Crippen LogP contribution in [0.3, 0.4) is 0 Å². The molecule has 0 aliphatic carbocycles. The number of carboxylic acid groups (broad SMARTS) is 1. The van der Waals surface area contributed by atoms with E-state index in [9.17, 15) is 4.79 Å². The number of carboxylic acids is 1. The fourth-order valence-corrected chi connectivity index (χ4v) is 0.218. The largest absolute Gasteiger partial charge is 0.481 e. The van der Waals surface area contributed by atoms with Crippen molar-refractivity contribution >= 4 is 11.9 Å². The van der Waals surface area contributed by atoms with Crippen LogP contribution >= 0.6 is 0 Å². The molecule has 1 N–H and O–H groups in total. The third-order valence-electron chi connectivity index (χ3n) is 0.671. The third kappa shape index (κ3) is 15.9. The van der Waals surface area contributed by atoms with E-state index < -0.39 is 5.97 Å². The van der Waals surface area contributed by atoms with Gasteiger partial charge >= 0.3 is 5.97 Å². The van der Waals surface area contributed by atoms with Crippen molar-refractivity contribution in [3.8, 4) is 0 Å². The van der Waals surface area contributed by atoms with Crippen molar-refractivity contribution in [1.82, 2.24) is 0 Å². The Morgan fingerprint density at radius 2 is 1.83 bits per heavy atom. The van der Waals surface area contributed by atoms with Gasteiger partial charge in [-0.2, -0.15) is 0 Å². The summed E-state index contributed by atoms with van der Waals surface area (Å²) >= 11 is 0. The van der Waals surface area contributed by atoms with E-state index in [1.54, 1.807) is 13.8 Å². The van der Waals surface area contributed by atoms with Crippen LogP contribution in [0.5, 0.6) is 0 Å². The van der Waals surface area contributed by atoms with Gasteiger partial charge in [-0.25, -0.2) is 0 Å².